The second-order valence-corrected chi connectivity index (χ2v) is 5.58. The van der Waals surface area contributed by atoms with E-state index in [0.29, 0.717) is 33.6 Å². The lowest BCUT2D eigenvalue weighted by Gasteiger charge is -2.20. The average Bonchev–Trinajstić information content (AvgIpc) is 2.67. The summed E-state index contributed by atoms with van der Waals surface area (Å²) >= 11 is 6.18. The van der Waals surface area contributed by atoms with Gasteiger partial charge in [0.05, 0.1) is 11.5 Å². The standard InChI is InChI=1S/C12H8FNO2S2/c13-6-1-2-9-8(5-6)7(3-4-16-9)10-11(15)14-12(17)18-10/h1-2,5H,3-4H2,(H,14,15,17). The minimum Gasteiger partial charge on any atom is -0.493 e. The first kappa shape index (κ1) is 11.7. The molecule has 0 unspecified atom stereocenters. The van der Waals surface area contributed by atoms with Crippen LogP contribution in [0.15, 0.2) is 23.1 Å². The molecule has 1 aromatic rings. The molecule has 1 fully saturated rings. The molecule has 2 aliphatic heterocycles. The Hall–Kier alpha value is -1.40. The van der Waals surface area contributed by atoms with E-state index in [1.54, 1.807) is 6.07 Å². The minimum atomic E-state index is -0.344. The van der Waals surface area contributed by atoms with E-state index in [-0.39, 0.29) is 11.7 Å². The fourth-order valence-electron chi connectivity index (χ4n) is 2.01. The number of halogens is 1. The lowest BCUT2D eigenvalue weighted by atomic mass is 9.99. The van der Waals surface area contributed by atoms with Crippen LogP contribution in [0.5, 0.6) is 5.75 Å². The van der Waals surface area contributed by atoms with Crippen molar-refractivity contribution in [3.8, 4) is 5.75 Å². The summed E-state index contributed by atoms with van der Waals surface area (Å²) in [5, 5.41) is 2.57. The van der Waals surface area contributed by atoms with E-state index in [0.717, 1.165) is 5.57 Å². The maximum absolute atomic E-state index is 13.3. The lowest BCUT2D eigenvalue weighted by Crippen LogP contribution is -2.19. The van der Waals surface area contributed by atoms with E-state index in [1.807, 2.05) is 0 Å². The molecule has 18 heavy (non-hydrogen) atoms. The zero-order valence-corrected chi connectivity index (χ0v) is 10.8. The molecule has 1 aromatic carbocycles. The molecular formula is C12H8FNO2S2. The van der Waals surface area contributed by atoms with Gasteiger partial charge in [-0.3, -0.25) is 4.79 Å². The fraction of sp³-hybridized carbons (Fsp3) is 0.167. The molecule has 0 saturated carbocycles. The number of ether oxygens (including phenoxy) is 1. The van der Waals surface area contributed by atoms with E-state index in [4.69, 9.17) is 17.0 Å². The van der Waals surface area contributed by atoms with Gasteiger partial charge in [0, 0.05) is 12.0 Å². The van der Waals surface area contributed by atoms with Crippen LogP contribution in [-0.4, -0.2) is 16.8 Å². The molecule has 0 bridgehead atoms. The van der Waals surface area contributed by atoms with Crippen molar-refractivity contribution in [3.05, 3.63) is 34.5 Å². The molecule has 6 heteroatoms. The SMILES string of the molecule is O=C1NC(=S)SC1=C1CCOc2ccc(F)cc21. The van der Waals surface area contributed by atoms with Crippen LogP contribution in [0.1, 0.15) is 12.0 Å². The first-order chi connectivity index (χ1) is 8.65. The van der Waals surface area contributed by atoms with Crippen molar-refractivity contribution in [1.82, 2.24) is 5.32 Å². The molecule has 0 aliphatic carbocycles. The quantitative estimate of drug-likeness (QED) is 0.585. The van der Waals surface area contributed by atoms with E-state index < -0.39 is 0 Å². The van der Waals surface area contributed by atoms with Gasteiger partial charge >= 0.3 is 0 Å². The van der Waals surface area contributed by atoms with Crippen molar-refractivity contribution in [3.63, 3.8) is 0 Å². The average molecular weight is 281 g/mol. The van der Waals surface area contributed by atoms with Crippen LogP contribution in [0.25, 0.3) is 5.57 Å². The predicted octanol–water partition coefficient (Wildman–Crippen LogP) is 2.47. The molecule has 1 N–H and O–H groups in total. The third-order valence-corrected chi connectivity index (χ3v) is 4.04. The molecule has 0 radical (unpaired) electrons. The van der Waals surface area contributed by atoms with E-state index in [1.165, 1.54) is 23.9 Å². The summed E-state index contributed by atoms with van der Waals surface area (Å²) in [5.41, 5.74) is 1.45. The molecule has 1 saturated heterocycles. The summed E-state index contributed by atoms with van der Waals surface area (Å²) in [6, 6.07) is 4.32. The third kappa shape index (κ3) is 1.91. The van der Waals surface area contributed by atoms with Crippen LogP contribution < -0.4 is 10.1 Å². The molecule has 2 aliphatic rings. The van der Waals surface area contributed by atoms with Gasteiger partial charge < -0.3 is 10.1 Å². The maximum atomic E-state index is 13.3. The molecule has 3 nitrogen and oxygen atoms in total. The minimum absolute atomic E-state index is 0.211. The summed E-state index contributed by atoms with van der Waals surface area (Å²) < 4.78 is 19.2. The summed E-state index contributed by atoms with van der Waals surface area (Å²) in [6.07, 6.45) is 0.578. The Morgan fingerprint density at radius 2 is 2.28 bits per heavy atom. The molecule has 3 rings (SSSR count). The highest BCUT2D eigenvalue weighted by Crippen LogP contribution is 2.40. The highest BCUT2D eigenvalue weighted by molar-refractivity contribution is 8.26. The van der Waals surface area contributed by atoms with Gasteiger partial charge in [0.1, 0.15) is 15.9 Å². The van der Waals surface area contributed by atoms with E-state index >= 15 is 0 Å². The summed E-state index contributed by atoms with van der Waals surface area (Å²) in [6.45, 7) is 0.484. The van der Waals surface area contributed by atoms with Crippen molar-refractivity contribution in [2.75, 3.05) is 6.61 Å². The van der Waals surface area contributed by atoms with Crippen LogP contribution in [-0.2, 0) is 4.79 Å². The normalized spacial score (nSPS) is 22.5. The van der Waals surface area contributed by atoms with Crippen LogP contribution >= 0.6 is 24.0 Å². The zero-order chi connectivity index (χ0) is 12.7. The number of nitrogens with one attached hydrogen (secondary N) is 1. The van der Waals surface area contributed by atoms with E-state index in [2.05, 4.69) is 5.32 Å². The Bertz CT molecular complexity index is 598. The largest absolute Gasteiger partial charge is 0.493 e. The number of thiocarbonyl (C=S) groups is 1. The summed E-state index contributed by atoms with van der Waals surface area (Å²) in [4.78, 5) is 12.3. The zero-order valence-electron chi connectivity index (χ0n) is 9.16. The Kier molecular flexibility index (Phi) is 2.83. The fourth-order valence-corrected chi connectivity index (χ4v) is 3.16. The molecular weight excluding hydrogens is 273 g/mol. The van der Waals surface area contributed by atoms with Crippen molar-refractivity contribution in [2.24, 2.45) is 0 Å². The van der Waals surface area contributed by atoms with Gasteiger partial charge in [-0.05, 0) is 23.8 Å². The van der Waals surface area contributed by atoms with Crippen LogP contribution in [0, 0.1) is 5.82 Å². The predicted molar refractivity (Wildman–Crippen MR) is 71.8 cm³/mol. The number of amides is 1. The van der Waals surface area contributed by atoms with Gasteiger partial charge in [0.25, 0.3) is 5.91 Å². The third-order valence-electron chi connectivity index (χ3n) is 2.77. The van der Waals surface area contributed by atoms with Crippen molar-refractivity contribution < 1.29 is 13.9 Å². The topological polar surface area (TPSA) is 38.3 Å². The smallest absolute Gasteiger partial charge is 0.263 e. The Labute approximate surface area is 112 Å². The molecule has 1 amide bonds. The maximum Gasteiger partial charge on any atom is 0.263 e. The number of benzene rings is 1. The number of rotatable bonds is 0. The Morgan fingerprint density at radius 1 is 1.44 bits per heavy atom. The number of fused-ring (bicyclic) bond motifs is 1. The molecule has 2 heterocycles. The van der Waals surface area contributed by atoms with E-state index in [9.17, 15) is 9.18 Å². The van der Waals surface area contributed by atoms with Gasteiger partial charge in [0.2, 0.25) is 0 Å². The number of hydrogen-bond acceptors (Lipinski definition) is 4. The monoisotopic (exact) mass is 281 g/mol. The number of carbonyl (C=O) groups is 1. The van der Waals surface area contributed by atoms with Crippen LogP contribution in [0.2, 0.25) is 0 Å². The van der Waals surface area contributed by atoms with Gasteiger partial charge in [-0.15, -0.1) is 0 Å². The molecule has 92 valence electrons. The second-order valence-electron chi connectivity index (χ2n) is 3.89. The van der Waals surface area contributed by atoms with Crippen LogP contribution in [0.3, 0.4) is 0 Å². The Balaban J connectivity index is 2.16. The summed E-state index contributed by atoms with van der Waals surface area (Å²) in [7, 11) is 0. The molecule has 0 spiro atoms. The van der Waals surface area contributed by atoms with Gasteiger partial charge in [-0.2, -0.15) is 0 Å². The molecule has 0 aromatic heterocycles. The van der Waals surface area contributed by atoms with Gasteiger partial charge in [-0.1, -0.05) is 24.0 Å². The van der Waals surface area contributed by atoms with Crippen LogP contribution in [0.4, 0.5) is 4.39 Å². The number of carbonyl (C=O) groups excluding carboxylic acids is 1. The number of hydrogen-bond donors (Lipinski definition) is 1. The highest BCUT2D eigenvalue weighted by Gasteiger charge is 2.29. The second kappa shape index (κ2) is 4.37. The summed E-state index contributed by atoms with van der Waals surface area (Å²) in [5.74, 6) is 0.0526. The first-order valence-electron chi connectivity index (χ1n) is 5.34. The van der Waals surface area contributed by atoms with Crippen molar-refractivity contribution >= 4 is 39.8 Å². The van der Waals surface area contributed by atoms with Gasteiger partial charge in [0.15, 0.2) is 0 Å². The van der Waals surface area contributed by atoms with Gasteiger partial charge in [-0.25, -0.2) is 4.39 Å². The lowest BCUT2D eigenvalue weighted by molar-refractivity contribution is -0.115. The number of thioether (sulfide) groups is 1. The highest BCUT2D eigenvalue weighted by atomic mass is 32.2. The molecule has 0 atom stereocenters. The Morgan fingerprint density at radius 3 is 3.00 bits per heavy atom. The van der Waals surface area contributed by atoms with Crippen molar-refractivity contribution in [2.45, 2.75) is 6.42 Å². The van der Waals surface area contributed by atoms with Crippen molar-refractivity contribution in [1.29, 1.82) is 0 Å². The first-order valence-corrected chi connectivity index (χ1v) is 6.56.